The van der Waals surface area contributed by atoms with Crippen molar-refractivity contribution in [2.75, 3.05) is 5.75 Å². The summed E-state index contributed by atoms with van der Waals surface area (Å²) >= 11 is 1.29. The van der Waals surface area contributed by atoms with E-state index in [-0.39, 0.29) is 23.3 Å². The smallest absolute Gasteiger partial charge is 0.266 e. The number of aryl methyl sites for hydroxylation is 2. The molecule has 0 fully saturated rings. The molecule has 5 nitrogen and oxygen atoms in total. The van der Waals surface area contributed by atoms with E-state index in [0.29, 0.717) is 16.1 Å². The highest BCUT2D eigenvalue weighted by atomic mass is 32.2. The average molecular weight is 410 g/mol. The number of rotatable bonds is 7. The molecule has 0 aliphatic carbocycles. The minimum atomic E-state index is -0.119. The van der Waals surface area contributed by atoms with Gasteiger partial charge in [-0.25, -0.2) is 4.98 Å². The molecule has 0 saturated carbocycles. The molecule has 1 N–H and O–H groups in total. The van der Waals surface area contributed by atoms with Gasteiger partial charge in [0.15, 0.2) is 5.16 Å². The van der Waals surface area contributed by atoms with Gasteiger partial charge in [-0.15, -0.1) is 0 Å². The van der Waals surface area contributed by atoms with Gasteiger partial charge in [-0.2, -0.15) is 0 Å². The van der Waals surface area contributed by atoms with E-state index in [2.05, 4.69) is 12.2 Å². The fraction of sp³-hybridized carbons (Fsp3) is 0.348. The average Bonchev–Trinajstić information content (AvgIpc) is 2.69. The molecule has 2 aromatic carbocycles. The van der Waals surface area contributed by atoms with Crippen LogP contribution in [0, 0.1) is 13.8 Å². The molecular formula is C23H27N3O2S. The van der Waals surface area contributed by atoms with Crippen molar-refractivity contribution in [3.63, 3.8) is 0 Å². The highest BCUT2D eigenvalue weighted by Gasteiger charge is 2.16. The molecule has 0 aliphatic rings. The van der Waals surface area contributed by atoms with Crippen LogP contribution in [-0.4, -0.2) is 27.3 Å². The van der Waals surface area contributed by atoms with Gasteiger partial charge in [-0.1, -0.05) is 49.4 Å². The lowest BCUT2D eigenvalue weighted by Gasteiger charge is -2.16. The van der Waals surface area contributed by atoms with Crippen LogP contribution in [0.5, 0.6) is 0 Å². The minimum Gasteiger partial charge on any atom is -0.353 e. The Morgan fingerprint density at radius 2 is 1.97 bits per heavy atom. The van der Waals surface area contributed by atoms with Crippen LogP contribution in [0.25, 0.3) is 16.6 Å². The number of fused-ring (bicyclic) bond motifs is 1. The fourth-order valence-electron chi connectivity index (χ4n) is 3.33. The Kier molecular flexibility index (Phi) is 6.75. The first kappa shape index (κ1) is 21.1. The second kappa shape index (κ2) is 9.27. The second-order valence-corrected chi connectivity index (χ2v) is 8.33. The summed E-state index contributed by atoms with van der Waals surface area (Å²) in [5.74, 6) is 0.162. The van der Waals surface area contributed by atoms with Crippen LogP contribution in [-0.2, 0) is 4.79 Å². The van der Waals surface area contributed by atoms with Crippen molar-refractivity contribution in [2.24, 2.45) is 0 Å². The van der Waals surface area contributed by atoms with Crippen molar-refractivity contribution >= 4 is 28.6 Å². The van der Waals surface area contributed by atoms with E-state index in [0.717, 1.165) is 29.7 Å². The first-order valence-corrected chi connectivity index (χ1v) is 10.9. The summed E-state index contributed by atoms with van der Waals surface area (Å²) in [6.45, 7) is 8.08. The molecule has 0 bridgehead atoms. The molecule has 29 heavy (non-hydrogen) atoms. The van der Waals surface area contributed by atoms with Crippen molar-refractivity contribution < 1.29 is 4.79 Å². The molecule has 3 rings (SSSR count). The normalized spacial score (nSPS) is 12.1. The number of hydrogen-bond acceptors (Lipinski definition) is 4. The van der Waals surface area contributed by atoms with Gasteiger partial charge < -0.3 is 5.32 Å². The summed E-state index contributed by atoms with van der Waals surface area (Å²) in [7, 11) is 0. The number of carbonyl (C=O) groups is 1. The molecular weight excluding hydrogens is 382 g/mol. The van der Waals surface area contributed by atoms with Crippen LogP contribution >= 0.6 is 11.8 Å². The number of aromatic nitrogens is 2. The highest BCUT2D eigenvalue weighted by molar-refractivity contribution is 7.99. The SMILES string of the molecule is CCC[C@@H](C)NC(=O)CSc1nc2ccccc2c(=O)n1-c1cc(C)ccc1C. The van der Waals surface area contributed by atoms with E-state index in [1.165, 1.54) is 11.8 Å². The van der Waals surface area contributed by atoms with E-state index in [4.69, 9.17) is 4.98 Å². The molecule has 1 atom stereocenters. The van der Waals surface area contributed by atoms with Crippen molar-refractivity contribution in [3.05, 3.63) is 63.9 Å². The molecule has 3 aromatic rings. The van der Waals surface area contributed by atoms with Crippen LogP contribution in [0.15, 0.2) is 52.4 Å². The molecule has 152 valence electrons. The Hall–Kier alpha value is -2.60. The van der Waals surface area contributed by atoms with Gasteiger partial charge in [0.05, 0.1) is 22.3 Å². The summed E-state index contributed by atoms with van der Waals surface area (Å²) in [6.07, 6.45) is 1.96. The van der Waals surface area contributed by atoms with Crippen LogP contribution in [0.1, 0.15) is 37.8 Å². The Morgan fingerprint density at radius 1 is 1.21 bits per heavy atom. The number of nitrogens with zero attached hydrogens (tertiary/aromatic N) is 2. The predicted octanol–water partition coefficient (Wildman–Crippen LogP) is 4.40. The predicted molar refractivity (Wildman–Crippen MR) is 120 cm³/mol. The molecule has 1 aromatic heterocycles. The maximum atomic E-state index is 13.3. The minimum absolute atomic E-state index is 0.0501. The largest absolute Gasteiger partial charge is 0.353 e. The van der Waals surface area contributed by atoms with E-state index in [1.54, 1.807) is 10.6 Å². The zero-order valence-electron chi connectivity index (χ0n) is 17.4. The summed E-state index contributed by atoms with van der Waals surface area (Å²) in [5.41, 5.74) is 3.37. The van der Waals surface area contributed by atoms with Crippen LogP contribution in [0.4, 0.5) is 0 Å². The molecule has 0 aliphatic heterocycles. The lowest BCUT2D eigenvalue weighted by molar-refractivity contribution is -0.119. The van der Waals surface area contributed by atoms with Gasteiger partial charge in [0.2, 0.25) is 5.91 Å². The maximum absolute atomic E-state index is 13.3. The Bertz CT molecular complexity index is 1090. The standard InChI is InChI=1S/C23H27N3O2S/c1-5-8-17(4)24-21(27)14-29-23-25-19-10-7-6-9-18(19)22(28)26(23)20-13-15(2)11-12-16(20)3/h6-7,9-13,17H,5,8,14H2,1-4H3,(H,24,27)/t17-/m1/s1. The lowest BCUT2D eigenvalue weighted by atomic mass is 10.1. The Labute approximate surface area is 175 Å². The molecule has 0 saturated heterocycles. The third-order valence-corrected chi connectivity index (χ3v) is 5.75. The molecule has 6 heteroatoms. The summed E-state index contributed by atoms with van der Waals surface area (Å²) in [4.78, 5) is 30.4. The van der Waals surface area contributed by atoms with E-state index < -0.39 is 0 Å². The van der Waals surface area contributed by atoms with Gasteiger partial charge in [-0.05, 0) is 56.5 Å². The number of thioether (sulfide) groups is 1. The first-order chi connectivity index (χ1) is 13.9. The van der Waals surface area contributed by atoms with Crippen LogP contribution in [0.3, 0.4) is 0 Å². The summed E-state index contributed by atoms with van der Waals surface area (Å²) in [5, 5.41) is 4.10. The number of nitrogens with one attached hydrogen (secondary N) is 1. The Morgan fingerprint density at radius 3 is 2.72 bits per heavy atom. The fourth-order valence-corrected chi connectivity index (χ4v) is 4.15. The van der Waals surface area contributed by atoms with Gasteiger partial charge in [-0.3, -0.25) is 14.2 Å². The molecule has 1 amide bonds. The summed E-state index contributed by atoms with van der Waals surface area (Å²) < 4.78 is 1.64. The second-order valence-electron chi connectivity index (χ2n) is 7.39. The van der Waals surface area contributed by atoms with Crippen molar-refractivity contribution in [1.29, 1.82) is 0 Å². The van der Waals surface area contributed by atoms with Crippen molar-refractivity contribution in [1.82, 2.24) is 14.9 Å². The lowest BCUT2D eigenvalue weighted by Crippen LogP contribution is -2.34. The number of para-hydroxylation sites is 1. The van der Waals surface area contributed by atoms with E-state index in [1.807, 2.05) is 57.2 Å². The van der Waals surface area contributed by atoms with Crippen molar-refractivity contribution in [3.8, 4) is 5.69 Å². The number of benzene rings is 2. The zero-order valence-corrected chi connectivity index (χ0v) is 18.2. The molecule has 0 radical (unpaired) electrons. The van der Waals surface area contributed by atoms with E-state index >= 15 is 0 Å². The number of carbonyl (C=O) groups excluding carboxylic acids is 1. The highest BCUT2D eigenvalue weighted by Crippen LogP contribution is 2.24. The third kappa shape index (κ3) is 4.88. The molecule has 0 spiro atoms. The quantitative estimate of drug-likeness (QED) is 0.464. The topological polar surface area (TPSA) is 64.0 Å². The number of hydrogen-bond donors (Lipinski definition) is 1. The van der Waals surface area contributed by atoms with Crippen LogP contribution in [0.2, 0.25) is 0 Å². The first-order valence-electron chi connectivity index (χ1n) is 9.92. The van der Waals surface area contributed by atoms with Gasteiger partial charge in [0.25, 0.3) is 5.56 Å². The Balaban J connectivity index is 2.02. The van der Waals surface area contributed by atoms with Crippen molar-refractivity contribution in [2.45, 2.75) is 51.7 Å². The van der Waals surface area contributed by atoms with Gasteiger partial charge in [0.1, 0.15) is 0 Å². The van der Waals surface area contributed by atoms with E-state index in [9.17, 15) is 9.59 Å². The molecule has 1 heterocycles. The monoisotopic (exact) mass is 409 g/mol. The maximum Gasteiger partial charge on any atom is 0.266 e. The van der Waals surface area contributed by atoms with Gasteiger partial charge in [0, 0.05) is 6.04 Å². The van der Waals surface area contributed by atoms with Gasteiger partial charge >= 0.3 is 0 Å². The number of amides is 1. The zero-order chi connectivity index (χ0) is 21.0. The van der Waals surface area contributed by atoms with Crippen LogP contribution < -0.4 is 10.9 Å². The summed E-state index contributed by atoms with van der Waals surface area (Å²) in [6, 6.07) is 13.5. The molecule has 0 unspecified atom stereocenters. The third-order valence-electron chi connectivity index (χ3n) is 4.81.